The molecular weight excluding hydrogens is 232 g/mol. The van der Waals surface area contributed by atoms with E-state index in [0.29, 0.717) is 18.9 Å². The number of carbonyl (C=O) groups excluding carboxylic acids is 2. The van der Waals surface area contributed by atoms with Gasteiger partial charge >= 0.3 is 0 Å². The summed E-state index contributed by atoms with van der Waals surface area (Å²) < 4.78 is 0. The summed E-state index contributed by atoms with van der Waals surface area (Å²) in [6.07, 6.45) is 1.85. The van der Waals surface area contributed by atoms with Gasteiger partial charge < -0.3 is 19.7 Å². The first-order valence-corrected chi connectivity index (χ1v) is 6.86. The summed E-state index contributed by atoms with van der Waals surface area (Å²) >= 11 is 0. The van der Waals surface area contributed by atoms with Gasteiger partial charge in [0.1, 0.15) is 0 Å². The van der Waals surface area contributed by atoms with E-state index in [2.05, 4.69) is 13.8 Å². The SMILES string of the molecule is CC[C@H](C)[NH+]1CCN(C(=O)CCCC(=O)[O-])CC1. The van der Waals surface area contributed by atoms with Crippen molar-refractivity contribution >= 4 is 11.9 Å². The molecule has 0 aliphatic carbocycles. The number of hydrogen-bond donors (Lipinski definition) is 1. The van der Waals surface area contributed by atoms with E-state index in [9.17, 15) is 14.7 Å². The highest BCUT2D eigenvalue weighted by Crippen LogP contribution is 2.01. The van der Waals surface area contributed by atoms with Crippen LogP contribution in [0.2, 0.25) is 0 Å². The molecule has 0 bridgehead atoms. The first kappa shape index (κ1) is 15.0. The number of carbonyl (C=O) groups is 2. The predicted octanol–water partition coefficient (Wildman–Crippen LogP) is -1.57. The molecule has 0 radical (unpaired) electrons. The molecule has 0 spiro atoms. The number of quaternary nitrogens is 1. The molecule has 0 aromatic carbocycles. The van der Waals surface area contributed by atoms with Gasteiger partial charge in [-0.25, -0.2) is 0 Å². The van der Waals surface area contributed by atoms with Gasteiger partial charge in [-0.05, 0) is 26.2 Å². The van der Waals surface area contributed by atoms with Crippen LogP contribution in [-0.2, 0) is 9.59 Å². The molecule has 18 heavy (non-hydrogen) atoms. The van der Waals surface area contributed by atoms with Crippen molar-refractivity contribution in [1.82, 2.24) is 4.90 Å². The molecule has 1 heterocycles. The Hall–Kier alpha value is -1.10. The Kier molecular flexibility index (Phi) is 6.12. The largest absolute Gasteiger partial charge is 0.550 e. The van der Waals surface area contributed by atoms with Crippen molar-refractivity contribution in [2.75, 3.05) is 26.2 Å². The van der Waals surface area contributed by atoms with E-state index in [0.717, 1.165) is 32.6 Å². The van der Waals surface area contributed by atoms with Gasteiger partial charge in [0.25, 0.3) is 0 Å². The summed E-state index contributed by atoms with van der Waals surface area (Å²) in [6.45, 7) is 8.03. The second-order valence-corrected chi connectivity index (χ2v) is 5.07. The van der Waals surface area contributed by atoms with Crippen molar-refractivity contribution in [2.24, 2.45) is 0 Å². The summed E-state index contributed by atoms with van der Waals surface area (Å²) in [5.41, 5.74) is 0. The van der Waals surface area contributed by atoms with Gasteiger partial charge in [-0.3, -0.25) is 4.79 Å². The Morgan fingerprint density at radius 3 is 2.39 bits per heavy atom. The van der Waals surface area contributed by atoms with Crippen molar-refractivity contribution in [1.29, 1.82) is 0 Å². The Labute approximate surface area is 109 Å². The minimum absolute atomic E-state index is 0.0240. The Balaban J connectivity index is 2.25. The third-order valence-electron chi connectivity index (χ3n) is 3.84. The minimum atomic E-state index is -1.08. The molecule has 104 valence electrons. The van der Waals surface area contributed by atoms with Crippen molar-refractivity contribution in [3.05, 3.63) is 0 Å². The number of amides is 1. The van der Waals surface area contributed by atoms with E-state index in [4.69, 9.17) is 0 Å². The lowest BCUT2D eigenvalue weighted by atomic mass is 10.1. The standard InChI is InChI=1S/C13H24N2O3/c1-3-11(2)14-7-9-15(10-8-14)12(16)5-4-6-13(17)18/h11H,3-10H2,1-2H3,(H,17,18)/t11-/m0/s1. The topological polar surface area (TPSA) is 64.9 Å². The third-order valence-corrected chi connectivity index (χ3v) is 3.84. The van der Waals surface area contributed by atoms with Crippen LogP contribution in [-0.4, -0.2) is 49.0 Å². The lowest BCUT2D eigenvalue weighted by Gasteiger charge is -2.35. The lowest BCUT2D eigenvalue weighted by Crippen LogP contribution is -3.17. The van der Waals surface area contributed by atoms with Crippen LogP contribution in [0.15, 0.2) is 0 Å². The maximum atomic E-state index is 11.8. The van der Waals surface area contributed by atoms with Crippen LogP contribution in [0.4, 0.5) is 0 Å². The fraction of sp³-hybridized carbons (Fsp3) is 0.846. The number of aliphatic carboxylic acids is 1. The van der Waals surface area contributed by atoms with Crippen molar-refractivity contribution in [3.63, 3.8) is 0 Å². The van der Waals surface area contributed by atoms with Gasteiger partial charge in [0, 0.05) is 12.4 Å². The van der Waals surface area contributed by atoms with Gasteiger partial charge in [-0.2, -0.15) is 0 Å². The first-order chi connectivity index (χ1) is 8.54. The van der Waals surface area contributed by atoms with E-state index in [1.54, 1.807) is 4.90 Å². The van der Waals surface area contributed by atoms with Crippen molar-refractivity contribution in [3.8, 4) is 0 Å². The number of piperazine rings is 1. The van der Waals surface area contributed by atoms with Gasteiger partial charge in [-0.1, -0.05) is 6.92 Å². The van der Waals surface area contributed by atoms with E-state index in [1.807, 2.05) is 4.90 Å². The number of hydrogen-bond acceptors (Lipinski definition) is 3. The normalized spacial score (nSPS) is 18.7. The van der Waals surface area contributed by atoms with E-state index in [1.165, 1.54) is 0 Å². The quantitative estimate of drug-likeness (QED) is 0.624. The molecule has 1 rings (SSSR count). The molecule has 0 unspecified atom stereocenters. The minimum Gasteiger partial charge on any atom is -0.550 e. The Bertz CT molecular complexity index is 286. The highest BCUT2D eigenvalue weighted by atomic mass is 16.4. The van der Waals surface area contributed by atoms with Gasteiger partial charge in [-0.15, -0.1) is 0 Å². The zero-order valence-corrected chi connectivity index (χ0v) is 11.4. The van der Waals surface area contributed by atoms with Crippen molar-refractivity contribution < 1.29 is 19.6 Å². The number of carboxylic acids is 1. The summed E-state index contributed by atoms with van der Waals surface area (Å²) in [5, 5.41) is 10.3. The van der Waals surface area contributed by atoms with E-state index in [-0.39, 0.29) is 12.3 Å². The molecular formula is C13H24N2O3. The summed E-state index contributed by atoms with van der Waals surface area (Å²) in [7, 11) is 0. The average Bonchev–Trinajstić information content (AvgIpc) is 2.37. The van der Waals surface area contributed by atoms with Crippen LogP contribution >= 0.6 is 0 Å². The van der Waals surface area contributed by atoms with E-state index < -0.39 is 5.97 Å². The molecule has 1 aliphatic heterocycles. The maximum absolute atomic E-state index is 11.8. The zero-order chi connectivity index (χ0) is 13.5. The Morgan fingerprint density at radius 1 is 1.28 bits per heavy atom. The average molecular weight is 256 g/mol. The summed E-state index contributed by atoms with van der Waals surface area (Å²) in [6, 6.07) is 0.653. The van der Waals surface area contributed by atoms with Crippen LogP contribution in [0, 0.1) is 0 Å². The molecule has 1 fully saturated rings. The van der Waals surface area contributed by atoms with Gasteiger partial charge in [0.15, 0.2) is 0 Å². The number of nitrogens with zero attached hydrogens (tertiary/aromatic N) is 1. The first-order valence-electron chi connectivity index (χ1n) is 6.86. The zero-order valence-electron chi connectivity index (χ0n) is 11.4. The number of carboxylic acid groups (broad SMARTS) is 1. The fourth-order valence-electron chi connectivity index (χ4n) is 2.37. The number of nitrogens with one attached hydrogen (secondary N) is 1. The second-order valence-electron chi connectivity index (χ2n) is 5.07. The molecule has 0 saturated carbocycles. The van der Waals surface area contributed by atoms with Crippen LogP contribution in [0.1, 0.15) is 39.5 Å². The second kappa shape index (κ2) is 7.36. The molecule has 1 aliphatic rings. The van der Waals surface area contributed by atoms with Gasteiger partial charge in [0.05, 0.1) is 32.2 Å². The smallest absolute Gasteiger partial charge is 0.222 e. The van der Waals surface area contributed by atoms with Crippen LogP contribution in [0.5, 0.6) is 0 Å². The lowest BCUT2D eigenvalue weighted by molar-refractivity contribution is -0.927. The fourth-order valence-corrected chi connectivity index (χ4v) is 2.37. The van der Waals surface area contributed by atoms with Crippen molar-refractivity contribution in [2.45, 2.75) is 45.6 Å². The monoisotopic (exact) mass is 256 g/mol. The molecule has 0 aromatic rings. The van der Waals surface area contributed by atoms with Crippen LogP contribution in [0.3, 0.4) is 0 Å². The predicted molar refractivity (Wildman–Crippen MR) is 65.9 cm³/mol. The molecule has 5 heteroatoms. The number of rotatable bonds is 6. The molecule has 1 amide bonds. The molecule has 1 atom stereocenters. The molecule has 5 nitrogen and oxygen atoms in total. The molecule has 0 aromatic heterocycles. The molecule has 1 saturated heterocycles. The van der Waals surface area contributed by atoms with Crippen LogP contribution < -0.4 is 10.0 Å². The highest BCUT2D eigenvalue weighted by molar-refractivity contribution is 5.76. The molecule has 1 N–H and O–H groups in total. The van der Waals surface area contributed by atoms with Gasteiger partial charge in [0.2, 0.25) is 5.91 Å². The summed E-state index contributed by atoms with van der Waals surface area (Å²) in [5.74, 6) is -0.992. The maximum Gasteiger partial charge on any atom is 0.222 e. The Morgan fingerprint density at radius 2 is 1.89 bits per heavy atom. The highest BCUT2D eigenvalue weighted by Gasteiger charge is 2.25. The summed E-state index contributed by atoms with van der Waals surface area (Å²) in [4.78, 5) is 25.5. The van der Waals surface area contributed by atoms with E-state index >= 15 is 0 Å². The van der Waals surface area contributed by atoms with Crippen LogP contribution in [0.25, 0.3) is 0 Å². The third kappa shape index (κ3) is 4.64.